The number of anilines is 1. The predicted octanol–water partition coefficient (Wildman–Crippen LogP) is 1.65. The highest BCUT2D eigenvalue weighted by Crippen LogP contribution is 2.24. The second kappa shape index (κ2) is 6.01. The number of benzene rings is 1. The molecule has 1 aliphatic carbocycles. The van der Waals surface area contributed by atoms with Crippen molar-refractivity contribution in [1.82, 2.24) is 5.32 Å². The first-order valence-corrected chi connectivity index (χ1v) is 8.73. The van der Waals surface area contributed by atoms with E-state index in [0.29, 0.717) is 6.42 Å². The third kappa shape index (κ3) is 3.93. The molecule has 5 nitrogen and oxygen atoms in total. The quantitative estimate of drug-likeness (QED) is 0.868. The number of rotatable bonds is 6. The van der Waals surface area contributed by atoms with Crippen molar-refractivity contribution >= 4 is 21.6 Å². The average Bonchev–Trinajstić information content (AvgIpc) is 3.19. The fourth-order valence-electron chi connectivity index (χ4n) is 2.17. The van der Waals surface area contributed by atoms with Crippen LogP contribution in [0, 0.1) is 5.82 Å². The minimum absolute atomic E-state index is 0.154. The zero-order valence-electron chi connectivity index (χ0n) is 12.0. The van der Waals surface area contributed by atoms with E-state index in [2.05, 4.69) is 5.32 Å². The molecule has 1 amide bonds. The first-order valence-electron chi connectivity index (χ1n) is 6.88. The molecule has 1 fully saturated rings. The van der Waals surface area contributed by atoms with Crippen molar-refractivity contribution in [1.29, 1.82) is 0 Å². The van der Waals surface area contributed by atoms with Gasteiger partial charge >= 0.3 is 0 Å². The van der Waals surface area contributed by atoms with Crippen molar-refractivity contribution < 1.29 is 17.6 Å². The summed E-state index contributed by atoms with van der Waals surface area (Å²) in [6, 6.07) is 4.41. The van der Waals surface area contributed by atoms with Crippen LogP contribution in [-0.4, -0.2) is 32.7 Å². The van der Waals surface area contributed by atoms with E-state index in [1.807, 2.05) is 0 Å². The molecule has 0 saturated heterocycles. The fourth-order valence-corrected chi connectivity index (χ4v) is 3.39. The lowest BCUT2D eigenvalue weighted by molar-refractivity contribution is -0.122. The lowest BCUT2D eigenvalue weighted by atomic mass is 10.2. The number of nitrogens with zero attached hydrogens (tertiary/aromatic N) is 1. The molecule has 0 radical (unpaired) electrons. The molecule has 1 aliphatic rings. The van der Waals surface area contributed by atoms with E-state index in [1.165, 1.54) is 24.3 Å². The molecule has 1 aromatic rings. The van der Waals surface area contributed by atoms with Gasteiger partial charge in [0.25, 0.3) is 0 Å². The standard InChI is InChI=1S/C14H19FN2O3S/c1-3-13(14(18)16-11-6-7-11)17(21(2,19)20)12-8-4-10(15)5-9-12/h4-5,8-9,11,13H,3,6-7H2,1-2H3,(H,16,18). The number of nitrogens with one attached hydrogen (secondary N) is 1. The lowest BCUT2D eigenvalue weighted by Crippen LogP contribution is -2.49. The molecular weight excluding hydrogens is 295 g/mol. The molecule has 0 bridgehead atoms. The summed E-state index contributed by atoms with van der Waals surface area (Å²) in [5, 5.41) is 2.82. The van der Waals surface area contributed by atoms with Crippen molar-refractivity contribution in [3.8, 4) is 0 Å². The van der Waals surface area contributed by atoms with Gasteiger partial charge in [-0.3, -0.25) is 9.10 Å². The van der Waals surface area contributed by atoms with Crippen LogP contribution in [-0.2, 0) is 14.8 Å². The van der Waals surface area contributed by atoms with Crippen LogP contribution in [0.5, 0.6) is 0 Å². The minimum Gasteiger partial charge on any atom is -0.352 e. The van der Waals surface area contributed by atoms with Crippen LogP contribution in [0.15, 0.2) is 24.3 Å². The van der Waals surface area contributed by atoms with Gasteiger partial charge in [0.2, 0.25) is 15.9 Å². The normalized spacial score (nSPS) is 16.3. The SMILES string of the molecule is CCC(C(=O)NC1CC1)N(c1ccc(F)cc1)S(C)(=O)=O. The Morgan fingerprint density at radius 3 is 2.38 bits per heavy atom. The maximum atomic E-state index is 13.0. The van der Waals surface area contributed by atoms with Gasteiger partial charge in [0.05, 0.1) is 11.9 Å². The Labute approximate surface area is 124 Å². The molecule has 0 aromatic heterocycles. The summed E-state index contributed by atoms with van der Waals surface area (Å²) in [6.07, 6.45) is 3.24. The van der Waals surface area contributed by atoms with Crippen LogP contribution >= 0.6 is 0 Å². The maximum Gasteiger partial charge on any atom is 0.244 e. The summed E-state index contributed by atoms with van der Waals surface area (Å²) < 4.78 is 38.2. The van der Waals surface area contributed by atoms with Crippen LogP contribution in [0.4, 0.5) is 10.1 Å². The highest BCUT2D eigenvalue weighted by atomic mass is 32.2. The predicted molar refractivity (Wildman–Crippen MR) is 79.0 cm³/mol. The van der Waals surface area contributed by atoms with Gasteiger partial charge in [0.15, 0.2) is 0 Å². The fraction of sp³-hybridized carbons (Fsp3) is 0.500. The van der Waals surface area contributed by atoms with E-state index in [-0.39, 0.29) is 17.6 Å². The van der Waals surface area contributed by atoms with Gasteiger partial charge in [-0.25, -0.2) is 12.8 Å². The third-order valence-corrected chi connectivity index (χ3v) is 4.51. The zero-order chi connectivity index (χ0) is 15.6. The Bertz CT molecular complexity index is 612. The van der Waals surface area contributed by atoms with Crippen LogP contribution < -0.4 is 9.62 Å². The number of hydrogen-bond acceptors (Lipinski definition) is 3. The number of carbonyl (C=O) groups is 1. The highest BCUT2D eigenvalue weighted by Gasteiger charge is 2.34. The monoisotopic (exact) mass is 314 g/mol. The molecule has 2 rings (SSSR count). The lowest BCUT2D eigenvalue weighted by Gasteiger charge is -2.30. The zero-order valence-corrected chi connectivity index (χ0v) is 12.9. The number of sulfonamides is 1. The average molecular weight is 314 g/mol. The van der Waals surface area contributed by atoms with Crippen LogP contribution in [0.2, 0.25) is 0 Å². The second-order valence-corrected chi connectivity index (χ2v) is 7.10. The van der Waals surface area contributed by atoms with Crippen LogP contribution in [0.3, 0.4) is 0 Å². The van der Waals surface area contributed by atoms with E-state index in [0.717, 1.165) is 23.4 Å². The topological polar surface area (TPSA) is 66.5 Å². The molecular formula is C14H19FN2O3S. The molecule has 7 heteroatoms. The van der Waals surface area contributed by atoms with E-state index in [1.54, 1.807) is 6.92 Å². The Hall–Kier alpha value is -1.63. The van der Waals surface area contributed by atoms with Gasteiger partial charge in [0.1, 0.15) is 11.9 Å². The number of halogens is 1. The number of hydrogen-bond donors (Lipinski definition) is 1. The molecule has 1 saturated carbocycles. The van der Waals surface area contributed by atoms with E-state index >= 15 is 0 Å². The number of carbonyl (C=O) groups excluding carboxylic acids is 1. The first kappa shape index (κ1) is 15.8. The maximum absolute atomic E-state index is 13.0. The van der Waals surface area contributed by atoms with Crippen molar-refractivity contribution in [3.63, 3.8) is 0 Å². The van der Waals surface area contributed by atoms with E-state index in [9.17, 15) is 17.6 Å². The molecule has 0 heterocycles. The summed E-state index contributed by atoms with van der Waals surface area (Å²) in [4.78, 5) is 12.3. The van der Waals surface area contributed by atoms with Gasteiger partial charge in [-0.15, -0.1) is 0 Å². The van der Waals surface area contributed by atoms with Crippen molar-refractivity contribution in [3.05, 3.63) is 30.1 Å². The number of amides is 1. The van der Waals surface area contributed by atoms with E-state index in [4.69, 9.17) is 0 Å². The minimum atomic E-state index is -3.65. The molecule has 1 unspecified atom stereocenters. The summed E-state index contributed by atoms with van der Waals surface area (Å²) in [5.41, 5.74) is 0.289. The molecule has 0 aliphatic heterocycles. The van der Waals surface area contributed by atoms with Gasteiger partial charge in [-0.2, -0.15) is 0 Å². The van der Waals surface area contributed by atoms with Gasteiger partial charge < -0.3 is 5.32 Å². The van der Waals surface area contributed by atoms with Crippen molar-refractivity contribution in [2.24, 2.45) is 0 Å². The first-order chi connectivity index (χ1) is 9.82. The molecule has 1 atom stereocenters. The largest absolute Gasteiger partial charge is 0.352 e. The Morgan fingerprint density at radius 1 is 1.38 bits per heavy atom. The van der Waals surface area contributed by atoms with Crippen molar-refractivity contribution in [2.75, 3.05) is 10.6 Å². The Balaban J connectivity index is 2.33. The van der Waals surface area contributed by atoms with Gasteiger partial charge in [0, 0.05) is 6.04 Å². The second-order valence-electron chi connectivity index (χ2n) is 5.24. The molecule has 0 spiro atoms. The van der Waals surface area contributed by atoms with Crippen LogP contribution in [0.25, 0.3) is 0 Å². The summed E-state index contributed by atoms with van der Waals surface area (Å²) >= 11 is 0. The Kier molecular flexibility index (Phi) is 4.51. The van der Waals surface area contributed by atoms with Gasteiger partial charge in [-0.1, -0.05) is 6.92 Å². The summed E-state index contributed by atoms with van der Waals surface area (Å²) in [6.45, 7) is 1.75. The summed E-state index contributed by atoms with van der Waals surface area (Å²) in [7, 11) is -3.65. The Morgan fingerprint density at radius 2 is 1.95 bits per heavy atom. The van der Waals surface area contributed by atoms with Crippen molar-refractivity contribution in [2.45, 2.75) is 38.3 Å². The third-order valence-electron chi connectivity index (χ3n) is 3.33. The smallest absolute Gasteiger partial charge is 0.244 e. The highest BCUT2D eigenvalue weighted by molar-refractivity contribution is 7.92. The summed E-state index contributed by atoms with van der Waals surface area (Å²) in [5.74, 6) is -0.766. The van der Waals surface area contributed by atoms with Gasteiger partial charge in [-0.05, 0) is 43.5 Å². The molecule has 1 N–H and O–H groups in total. The van der Waals surface area contributed by atoms with Crippen LogP contribution in [0.1, 0.15) is 26.2 Å². The molecule has 116 valence electrons. The molecule has 21 heavy (non-hydrogen) atoms. The molecule has 1 aromatic carbocycles. The van der Waals surface area contributed by atoms with E-state index < -0.39 is 21.9 Å².